The highest BCUT2D eigenvalue weighted by molar-refractivity contribution is 7.10. The molecule has 2 heterocycles. The van der Waals surface area contributed by atoms with Crippen molar-refractivity contribution in [1.29, 1.82) is 0 Å². The highest BCUT2D eigenvalue weighted by Gasteiger charge is 2.22. The van der Waals surface area contributed by atoms with E-state index in [0.717, 1.165) is 24.3 Å². The first-order chi connectivity index (χ1) is 9.24. The Kier molecular flexibility index (Phi) is 3.71. The molecule has 2 aromatic heterocycles. The maximum Gasteiger partial charge on any atom is 0.252 e. The first-order valence-electron chi connectivity index (χ1n) is 6.64. The van der Waals surface area contributed by atoms with E-state index in [4.69, 9.17) is 0 Å². The van der Waals surface area contributed by atoms with Gasteiger partial charge in [0.15, 0.2) is 0 Å². The van der Waals surface area contributed by atoms with E-state index in [9.17, 15) is 4.79 Å². The van der Waals surface area contributed by atoms with E-state index in [0.29, 0.717) is 6.54 Å². The second-order valence-corrected chi connectivity index (χ2v) is 7.16. The Hall–Kier alpha value is -1.13. The van der Waals surface area contributed by atoms with Crippen LogP contribution in [-0.2, 0) is 19.4 Å². The fraction of sp³-hybridized carbons (Fsp3) is 0.400. The molecule has 1 unspecified atom stereocenters. The predicted molar refractivity (Wildman–Crippen MR) is 81.0 cm³/mol. The van der Waals surface area contributed by atoms with Gasteiger partial charge in [-0.3, -0.25) is 4.79 Å². The van der Waals surface area contributed by atoms with Crippen LogP contribution in [0.25, 0.3) is 0 Å². The van der Waals surface area contributed by atoms with Crippen molar-refractivity contribution in [3.63, 3.8) is 0 Å². The Morgan fingerprint density at radius 3 is 3.16 bits per heavy atom. The number of nitrogens with one attached hydrogen (secondary N) is 1. The summed E-state index contributed by atoms with van der Waals surface area (Å²) in [6, 6.07) is 4.07. The predicted octanol–water partition coefficient (Wildman–Crippen LogP) is 3.86. The van der Waals surface area contributed by atoms with Gasteiger partial charge in [-0.1, -0.05) is 13.0 Å². The van der Waals surface area contributed by atoms with Crippen molar-refractivity contribution in [2.75, 3.05) is 0 Å². The number of carbonyl (C=O) groups excluding carboxylic acids is 1. The molecule has 0 aromatic carbocycles. The standard InChI is InChI=1S/C15H17NOS2/c1-10-4-5-12-13(9-19-14(12)7-10)15(17)16-8-11-3-2-6-18-11/h2-3,6,9-10H,4-5,7-8H2,1H3,(H,16,17). The summed E-state index contributed by atoms with van der Waals surface area (Å²) in [5, 5.41) is 7.10. The van der Waals surface area contributed by atoms with Crippen molar-refractivity contribution in [1.82, 2.24) is 5.32 Å². The first kappa shape index (κ1) is 12.9. The fourth-order valence-corrected chi connectivity index (χ4v) is 4.43. The Labute approximate surface area is 121 Å². The number of rotatable bonds is 3. The molecule has 1 amide bonds. The van der Waals surface area contributed by atoms with Gasteiger partial charge in [0.25, 0.3) is 5.91 Å². The van der Waals surface area contributed by atoms with Crippen molar-refractivity contribution in [3.05, 3.63) is 43.8 Å². The minimum Gasteiger partial charge on any atom is -0.347 e. The van der Waals surface area contributed by atoms with Crippen molar-refractivity contribution in [2.45, 2.75) is 32.7 Å². The van der Waals surface area contributed by atoms with Gasteiger partial charge in [0.2, 0.25) is 0 Å². The molecule has 0 radical (unpaired) electrons. The lowest BCUT2D eigenvalue weighted by Crippen LogP contribution is -2.23. The van der Waals surface area contributed by atoms with Crippen LogP contribution in [0.1, 0.15) is 39.0 Å². The van der Waals surface area contributed by atoms with Crippen LogP contribution in [0.4, 0.5) is 0 Å². The lowest BCUT2D eigenvalue weighted by Gasteiger charge is -2.18. The minimum absolute atomic E-state index is 0.0838. The van der Waals surface area contributed by atoms with Crippen LogP contribution in [-0.4, -0.2) is 5.91 Å². The van der Waals surface area contributed by atoms with Gasteiger partial charge in [-0.25, -0.2) is 0 Å². The molecule has 2 aromatic rings. The van der Waals surface area contributed by atoms with Gasteiger partial charge < -0.3 is 5.32 Å². The Bertz CT molecular complexity index is 571. The average Bonchev–Trinajstić information content (AvgIpc) is 3.04. The fourth-order valence-electron chi connectivity index (χ4n) is 2.54. The first-order valence-corrected chi connectivity index (χ1v) is 8.40. The van der Waals surface area contributed by atoms with Crippen molar-refractivity contribution in [2.24, 2.45) is 5.92 Å². The molecule has 0 bridgehead atoms. The molecule has 19 heavy (non-hydrogen) atoms. The van der Waals surface area contributed by atoms with E-state index in [1.807, 2.05) is 16.8 Å². The monoisotopic (exact) mass is 291 g/mol. The summed E-state index contributed by atoms with van der Waals surface area (Å²) in [5.41, 5.74) is 2.20. The Balaban J connectivity index is 1.70. The molecule has 3 rings (SSSR count). The van der Waals surface area contributed by atoms with Crippen LogP contribution in [0.2, 0.25) is 0 Å². The molecule has 0 aliphatic heterocycles. The molecule has 4 heteroatoms. The summed E-state index contributed by atoms with van der Waals surface area (Å²) in [4.78, 5) is 14.9. The van der Waals surface area contributed by atoms with Crippen molar-refractivity contribution < 1.29 is 4.79 Å². The van der Waals surface area contributed by atoms with Gasteiger partial charge in [0.1, 0.15) is 0 Å². The Morgan fingerprint density at radius 2 is 2.37 bits per heavy atom. The molecule has 2 nitrogen and oxygen atoms in total. The molecule has 1 atom stereocenters. The van der Waals surface area contributed by atoms with Crippen LogP contribution in [0.3, 0.4) is 0 Å². The number of hydrogen-bond donors (Lipinski definition) is 1. The zero-order valence-electron chi connectivity index (χ0n) is 10.9. The minimum atomic E-state index is 0.0838. The van der Waals surface area contributed by atoms with Crippen molar-refractivity contribution in [3.8, 4) is 0 Å². The van der Waals surface area contributed by atoms with Crippen LogP contribution in [0.15, 0.2) is 22.9 Å². The topological polar surface area (TPSA) is 29.1 Å². The van der Waals surface area contributed by atoms with Crippen LogP contribution in [0.5, 0.6) is 0 Å². The normalized spacial score (nSPS) is 18.1. The maximum absolute atomic E-state index is 12.3. The molecule has 1 N–H and O–H groups in total. The molecule has 100 valence electrons. The highest BCUT2D eigenvalue weighted by atomic mass is 32.1. The zero-order valence-corrected chi connectivity index (χ0v) is 12.6. The highest BCUT2D eigenvalue weighted by Crippen LogP contribution is 2.32. The lowest BCUT2D eigenvalue weighted by molar-refractivity contribution is 0.0950. The molecule has 0 saturated carbocycles. The third kappa shape index (κ3) is 2.74. The number of amides is 1. The van der Waals surface area contributed by atoms with E-state index < -0.39 is 0 Å². The second-order valence-electron chi connectivity index (χ2n) is 5.16. The van der Waals surface area contributed by atoms with E-state index in [2.05, 4.69) is 18.3 Å². The summed E-state index contributed by atoms with van der Waals surface area (Å²) in [6.45, 7) is 2.93. The third-order valence-corrected chi connectivity index (χ3v) is 5.58. The number of thiophene rings is 2. The van der Waals surface area contributed by atoms with Gasteiger partial charge in [-0.15, -0.1) is 22.7 Å². The summed E-state index contributed by atoms with van der Waals surface area (Å²) in [6.07, 6.45) is 3.40. The van der Waals surface area contributed by atoms with Gasteiger partial charge in [0.05, 0.1) is 12.1 Å². The molecule has 0 spiro atoms. The average molecular weight is 291 g/mol. The van der Waals surface area contributed by atoms with Crippen molar-refractivity contribution >= 4 is 28.6 Å². The third-order valence-electron chi connectivity index (χ3n) is 3.65. The molecule has 0 fully saturated rings. The van der Waals surface area contributed by atoms with Gasteiger partial charge >= 0.3 is 0 Å². The lowest BCUT2D eigenvalue weighted by atomic mass is 9.88. The van der Waals surface area contributed by atoms with E-state index in [-0.39, 0.29) is 5.91 Å². The summed E-state index contributed by atoms with van der Waals surface area (Å²) >= 11 is 3.43. The van der Waals surface area contributed by atoms with Gasteiger partial charge in [-0.05, 0) is 42.2 Å². The van der Waals surface area contributed by atoms with Crippen LogP contribution < -0.4 is 5.32 Å². The number of hydrogen-bond acceptors (Lipinski definition) is 3. The largest absolute Gasteiger partial charge is 0.347 e. The quantitative estimate of drug-likeness (QED) is 0.914. The second kappa shape index (κ2) is 5.47. The Morgan fingerprint density at radius 1 is 1.47 bits per heavy atom. The maximum atomic E-state index is 12.3. The van der Waals surface area contributed by atoms with Gasteiger partial charge in [0, 0.05) is 15.1 Å². The van der Waals surface area contributed by atoms with E-state index in [1.165, 1.54) is 21.7 Å². The number of carbonyl (C=O) groups is 1. The van der Waals surface area contributed by atoms with Crippen LogP contribution in [0, 0.1) is 5.92 Å². The van der Waals surface area contributed by atoms with E-state index >= 15 is 0 Å². The molecule has 0 saturated heterocycles. The molecule has 1 aliphatic carbocycles. The SMILES string of the molecule is CC1CCc2c(C(=O)NCc3cccs3)csc2C1. The summed E-state index contributed by atoms with van der Waals surface area (Å²) in [7, 11) is 0. The molecular weight excluding hydrogens is 274 g/mol. The zero-order chi connectivity index (χ0) is 13.2. The number of fused-ring (bicyclic) bond motifs is 1. The molecule has 1 aliphatic rings. The van der Waals surface area contributed by atoms with E-state index in [1.54, 1.807) is 22.7 Å². The van der Waals surface area contributed by atoms with Gasteiger partial charge in [-0.2, -0.15) is 0 Å². The van der Waals surface area contributed by atoms with Crippen LogP contribution >= 0.6 is 22.7 Å². The molecular formula is C15H17NOS2. The summed E-state index contributed by atoms with van der Waals surface area (Å²) < 4.78 is 0. The summed E-state index contributed by atoms with van der Waals surface area (Å²) in [5.74, 6) is 0.841. The smallest absolute Gasteiger partial charge is 0.252 e.